The van der Waals surface area contributed by atoms with E-state index in [-0.39, 0.29) is 0 Å². The van der Waals surface area contributed by atoms with Crippen molar-refractivity contribution < 1.29 is 14.0 Å². The lowest BCUT2D eigenvalue weighted by atomic mass is 10.2. The minimum absolute atomic E-state index is 0.736. The number of aromatic nitrogens is 2. The van der Waals surface area contributed by atoms with Crippen LogP contribution < -0.4 is 14.0 Å². The summed E-state index contributed by atoms with van der Waals surface area (Å²) in [6.45, 7) is 0. The molecule has 0 amide bonds. The van der Waals surface area contributed by atoms with Crippen LogP contribution in [0.5, 0.6) is 11.5 Å². The Kier molecular flexibility index (Phi) is 3.29. The third-order valence-corrected chi connectivity index (χ3v) is 3.88. The van der Waals surface area contributed by atoms with Crippen LogP contribution in [0.2, 0.25) is 0 Å². The van der Waals surface area contributed by atoms with Gasteiger partial charge in [-0.3, -0.25) is 0 Å². The van der Waals surface area contributed by atoms with Crippen LogP contribution in [0.25, 0.3) is 22.4 Å². The molecule has 0 aliphatic heterocycles. The maximum absolute atomic E-state index is 5.41. The zero-order valence-corrected chi connectivity index (χ0v) is 12.8. The molecule has 0 spiro atoms. The summed E-state index contributed by atoms with van der Waals surface area (Å²) in [4.78, 5) is 0. The molecule has 0 N–H and O–H groups in total. The van der Waals surface area contributed by atoms with Crippen molar-refractivity contribution in [1.29, 1.82) is 0 Å². The van der Waals surface area contributed by atoms with E-state index in [1.807, 2.05) is 12.1 Å². The molecule has 1 aromatic heterocycles. The second-order valence-electron chi connectivity index (χ2n) is 5.00. The number of ether oxygens (including phenoxy) is 2. The van der Waals surface area contributed by atoms with Gasteiger partial charge in [0, 0.05) is 0 Å². The van der Waals surface area contributed by atoms with Crippen LogP contribution in [0.1, 0.15) is 0 Å². The summed E-state index contributed by atoms with van der Waals surface area (Å²) in [5.41, 5.74) is 3.49. The van der Waals surface area contributed by atoms with Crippen LogP contribution in [0.15, 0.2) is 42.5 Å². The van der Waals surface area contributed by atoms with Gasteiger partial charge in [-0.15, -0.1) is 0 Å². The lowest BCUT2D eigenvalue weighted by Crippen LogP contribution is -2.29. The van der Waals surface area contributed by atoms with Crippen molar-refractivity contribution in [3.63, 3.8) is 0 Å². The second-order valence-corrected chi connectivity index (χ2v) is 5.00. The molecule has 4 nitrogen and oxygen atoms in total. The van der Waals surface area contributed by atoms with Crippen molar-refractivity contribution in [2.24, 2.45) is 14.1 Å². The molecule has 4 heteroatoms. The lowest BCUT2D eigenvalue weighted by molar-refractivity contribution is -0.634. The van der Waals surface area contributed by atoms with E-state index in [0.717, 1.165) is 22.9 Å². The van der Waals surface area contributed by atoms with Crippen molar-refractivity contribution >= 4 is 11.0 Å². The van der Waals surface area contributed by atoms with Crippen LogP contribution in [0.3, 0.4) is 0 Å². The molecule has 0 bridgehead atoms. The van der Waals surface area contributed by atoms with Gasteiger partial charge in [0.25, 0.3) is 5.82 Å². The van der Waals surface area contributed by atoms with Crippen LogP contribution in [-0.4, -0.2) is 18.8 Å². The van der Waals surface area contributed by atoms with Gasteiger partial charge >= 0.3 is 0 Å². The molecule has 3 aromatic rings. The first-order valence-corrected chi connectivity index (χ1v) is 6.83. The quantitative estimate of drug-likeness (QED) is 0.691. The number of benzene rings is 2. The molecule has 0 radical (unpaired) electrons. The summed E-state index contributed by atoms with van der Waals surface area (Å²) in [5, 5.41) is 0. The summed E-state index contributed by atoms with van der Waals surface area (Å²) in [5.74, 6) is 2.60. The molecular formula is C17H19N2O2+. The zero-order valence-electron chi connectivity index (χ0n) is 12.8. The molecule has 0 fully saturated rings. The van der Waals surface area contributed by atoms with E-state index in [2.05, 4.69) is 53.6 Å². The highest BCUT2D eigenvalue weighted by atomic mass is 16.5. The number of nitrogens with zero attached hydrogens (tertiary/aromatic N) is 2. The first-order valence-electron chi connectivity index (χ1n) is 6.83. The molecule has 0 atom stereocenters. The number of fused-ring (bicyclic) bond motifs is 1. The monoisotopic (exact) mass is 283 g/mol. The Balaban J connectivity index is 2.25. The van der Waals surface area contributed by atoms with Gasteiger partial charge in [0.1, 0.15) is 0 Å². The average molecular weight is 283 g/mol. The highest BCUT2D eigenvalue weighted by Gasteiger charge is 2.22. The smallest absolute Gasteiger partial charge is 0.289 e. The summed E-state index contributed by atoms with van der Waals surface area (Å²) < 4.78 is 15.1. The molecule has 0 aliphatic rings. The Morgan fingerprint density at radius 2 is 1.67 bits per heavy atom. The second kappa shape index (κ2) is 5.13. The highest BCUT2D eigenvalue weighted by Crippen LogP contribution is 2.32. The minimum Gasteiger partial charge on any atom is -0.493 e. The maximum atomic E-state index is 5.41. The van der Waals surface area contributed by atoms with Crippen LogP contribution >= 0.6 is 0 Å². The third kappa shape index (κ3) is 2.03. The van der Waals surface area contributed by atoms with Crippen molar-refractivity contribution in [1.82, 2.24) is 4.57 Å². The Labute approximate surface area is 124 Å². The summed E-state index contributed by atoms with van der Waals surface area (Å²) in [7, 11) is 7.46. The van der Waals surface area contributed by atoms with Crippen molar-refractivity contribution in [2.75, 3.05) is 14.2 Å². The summed E-state index contributed by atoms with van der Waals surface area (Å²) in [6, 6.07) is 14.4. The fraction of sp³-hybridized carbons (Fsp3) is 0.235. The number of methoxy groups -OCH3 is 2. The summed E-state index contributed by atoms with van der Waals surface area (Å²) in [6.07, 6.45) is 0. The molecule has 21 heavy (non-hydrogen) atoms. The molecule has 3 rings (SSSR count). The Morgan fingerprint density at radius 3 is 2.33 bits per heavy atom. The maximum Gasteiger partial charge on any atom is 0.289 e. The largest absolute Gasteiger partial charge is 0.493 e. The van der Waals surface area contributed by atoms with E-state index in [4.69, 9.17) is 9.47 Å². The topological polar surface area (TPSA) is 27.3 Å². The highest BCUT2D eigenvalue weighted by molar-refractivity contribution is 5.76. The van der Waals surface area contributed by atoms with Gasteiger partial charge in [0.15, 0.2) is 22.5 Å². The van der Waals surface area contributed by atoms with Gasteiger partial charge in [-0.2, -0.15) is 0 Å². The van der Waals surface area contributed by atoms with Crippen molar-refractivity contribution in [2.45, 2.75) is 0 Å². The molecule has 0 aliphatic carbocycles. The number of aryl methyl sites for hydroxylation is 2. The van der Waals surface area contributed by atoms with Gasteiger partial charge < -0.3 is 9.47 Å². The molecule has 1 heterocycles. The first kappa shape index (κ1) is 13.5. The zero-order chi connectivity index (χ0) is 15.0. The minimum atomic E-state index is 0.736. The number of hydrogen-bond donors (Lipinski definition) is 0. The molecule has 0 unspecified atom stereocenters. The van der Waals surface area contributed by atoms with Crippen LogP contribution in [0, 0.1) is 0 Å². The molecule has 0 saturated heterocycles. The van der Waals surface area contributed by atoms with Crippen molar-refractivity contribution in [3.8, 4) is 22.9 Å². The van der Waals surface area contributed by atoms with Gasteiger partial charge in [-0.1, -0.05) is 12.1 Å². The predicted molar refractivity (Wildman–Crippen MR) is 82.6 cm³/mol. The molecular weight excluding hydrogens is 264 g/mol. The van der Waals surface area contributed by atoms with E-state index in [1.54, 1.807) is 14.2 Å². The average Bonchev–Trinajstić information content (AvgIpc) is 2.78. The number of para-hydroxylation sites is 2. The SMILES string of the molecule is COc1ccc(-c2n(C)c3ccccc3[n+]2C)cc1OC. The van der Waals surface area contributed by atoms with E-state index < -0.39 is 0 Å². The molecule has 2 aromatic carbocycles. The number of rotatable bonds is 3. The number of imidazole rings is 1. The fourth-order valence-corrected chi connectivity index (χ4v) is 2.85. The molecule has 108 valence electrons. The normalized spacial score (nSPS) is 10.9. The van der Waals surface area contributed by atoms with Gasteiger partial charge in [-0.05, 0) is 30.3 Å². The predicted octanol–water partition coefficient (Wildman–Crippen LogP) is 2.69. The standard InChI is InChI=1S/C17H19N2O2/c1-18-13-7-5-6-8-14(13)19(2)17(18)12-9-10-15(20-3)16(11-12)21-4/h5-11H,1-4H3/q+1. The van der Waals surface area contributed by atoms with Crippen LogP contribution in [0.4, 0.5) is 0 Å². The Hall–Kier alpha value is -2.49. The summed E-state index contributed by atoms with van der Waals surface area (Å²) >= 11 is 0. The third-order valence-electron chi connectivity index (χ3n) is 3.88. The fourth-order valence-electron chi connectivity index (χ4n) is 2.85. The van der Waals surface area contributed by atoms with E-state index in [0.29, 0.717) is 0 Å². The van der Waals surface area contributed by atoms with Crippen molar-refractivity contribution in [3.05, 3.63) is 42.5 Å². The van der Waals surface area contributed by atoms with E-state index in [9.17, 15) is 0 Å². The van der Waals surface area contributed by atoms with Gasteiger partial charge in [0.05, 0.1) is 33.9 Å². The van der Waals surface area contributed by atoms with Crippen LogP contribution in [-0.2, 0) is 14.1 Å². The van der Waals surface area contributed by atoms with E-state index >= 15 is 0 Å². The lowest BCUT2D eigenvalue weighted by Gasteiger charge is -2.08. The van der Waals surface area contributed by atoms with Gasteiger partial charge in [-0.25, -0.2) is 9.13 Å². The number of hydrogen-bond acceptors (Lipinski definition) is 2. The Bertz CT molecular complexity index is 767. The Morgan fingerprint density at radius 1 is 0.952 bits per heavy atom. The molecule has 0 saturated carbocycles. The van der Waals surface area contributed by atoms with E-state index in [1.165, 1.54) is 11.0 Å². The first-order chi connectivity index (χ1) is 10.2. The van der Waals surface area contributed by atoms with Gasteiger partial charge in [0.2, 0.25) is 0 Å².